The largest absolute Gasteiger partial charge is 0.456 e. The van der Waals surface area contributed by atoms with E-state index in [2.05, 4.69) is 5.32 Å². The number of ketones is 1. The van der Waals surface area contributed by atoms with Crippen LogP contribution in [0.4, 0.5) is 4.79 Å². The lowest BCUT2D eigenvalue weighted by molar-refractivity contribution is -0.147. The molecule has 1 aliphatic heterocycles. The van der Waals surface area contributed by atoms with Gasteiger partial charge in [0.25, 0.3) is 5.91 Å². The van der Waals surface area contributed by atoms with Crippen molar-refractivity contribution in [2.75, 3.05) is 13.2 Å². The van der Waals surface area contributed by atoms with E-state index in [0.717, 1.165) is 40.0 Å². The van der Waals surface area contributed by atoms with Crippen LogP contribution in [0.25, 0.3) is 0 Å². The van der Waals surface area contributed by atoms with Crippen LogP contribution in [0.2, 0.25) is 0 Å². The van der Waals surface area contributed by atoms with Gasteiger partial charge in [-0.25, -0.2) is 4.79 Å². The Kier molecular flexibility index (Phi) is 5.35. The van der Waals surface area contributed by atoms with Crippen LogP contribution in [0.5, 0.6) is 0 Å². The highest BCUT2D eigenvalue weighted by Crippen LogP contribution is 2.39. The predicted molar refractivity (Wildman–Crippen MR) is 113 cm³/mol. The van der Waals surface area contributed by atoms with Gasteiger partial charge in [0.15, 0.2) is 6.61 Å². The zero-order valence-corrected chi connectivity index (χ0v) is 17.6. The van der Waals surface area contributed by atoms with Crippen LogP contribution in [0.1, 0.15) is 45.5 Å². The average molecular weight is 420 g/mol. The Balaban J connectivity index is 1.44. The number of nitrogens with one attached hydrogen (secondary N) is 1. The van der Waals surface area contributed by atoms with Crippen LogP contribution < -0.4 is 5.32 Å². The molecule has 1 N–H and O–H groups in total. The number of hydrogen-bond acceptors (Lipinski definition) is 5. The molecule has 3 amide bonds. The molecule has 0 saturated carbocycles. The first kappa shape index (κ1) is 20.8. The summed E-state index contributed by atoms with van der Waals surface area (Å²) in [4.78, 5) is 51.4. The number of Topliss-reactive ketones (excluding diaryl/α,β-unsaturated/α-hetero) is 1. The van der Waals surface area contributed by atoms with Gasteiger partial charge in [-0.15, -0.1) is 0 Å². The number of aryl methyl sites for hydroxylation is 3. The zero-order valence-electron chi connectivity index (χ0n) is 17.6. The summed E-state index contributed by atoms with van der Waals surface area (Å²) in [5, 5.41) is 2.80. The summed E-state index contributed by atoms with van der Waals surface area (Å²) in [6.07, 6.45) is 2.07. The van der Waals surface area contributed by atoms with Crippen LogP contribution >= 0.6 is 0 Å². The van der Waals surface area contributed by atoms with E-state index >= 15 is 0 Å². The summed E-state index contributed by atoms with van der Waals surface area (Å²) in [6.45, 7) is 2.71. The van der Waals surface area contributed by atoms with Gasteiger partial charge in [0.2, 0.25) is 5.78 Å². The minimum absolute atomic E-state index is 0.329. The first-order chi connectivity index (χ1) is 14.8. The van der Waals surface area contributed by atoms with Crippen molar-refractivity contribution in [3.8, 4) is 0 Å². The fourth-order valence-electron chi connectivity index (χ4n) is 4.39. The van der Waals surface area contributed by atoms with Crippen molar-refractivity contribution in [1.82, 2.24) is 10.2 Å². The van der Waals surface area contributed by atoms with Gasteiger partial charge < -0.3 is 10.1 Å². The van der Waals surface area contributed by atoms with Gasteiger partial charge in [0, 0.05) is 5.56 Å². The molecular weight excluding hydrogens is 396 g/mol. The molecule has 1 heterocycles. The smallest absolute Gasteiger partial charge is 0.326 e. The number of fused-ring (bicyclic) bond motifs is 2. The Hall–Kier alpha value is -3.48. The second-order valence-corrected chi connectivity index (χ2v) is 8.14. The monoisotopic (exact) mass is 420 g/mol. The van der Waals surface area contributed by atoms with Gasteiger partial charge in [-0.3, -0.25) is 19.3 Å². The molecule has 160 valence electrons. The lowest BCUT2D eigenvalue weighted by atomic mass is 9.76. The van der Waals surface area contributed by atoms with Gasteiger partial charge in [0.1, 0.15) is 12.1 Å². The molecule has 1 fully saturated rings. The fraction of sp³-hybridized carbons (Fsp3) is 0.333. The minimum Gasteiger partial charge on any atom is -0.456 e. The lowest BCUT2D eigenvalue weighted by Gasteiger charge is -2.33. The first-order valence-corrected chi connectivity index (χ1v) is 10.3. The van der Waals surface area contributed by atoms with E-state index in [1.807, 2.05) is 50.2 Å². The Bertz CT molecular complexity index is 1090. The molecule has 2 aromatic carbocycles. The molecule has 7 nitrogen and oxygen atoms in total. The molecule has 1 atom stereocenters. The number of benzene rings is 2. The van der Waals surface area contributed by atoms with Crippen molar-refractivity contribution < 1.29 is 23.9 Å². The number of rotatable bonds is 5. The molecule has 4 rings (SSSR count). The number of hydrogen-bond donors (Lipinski definition) is 1. The third-order valence-electron chi connectivity index (χ3n) is 6.00. The molecule has 1 aliphatic carbocycles. The van der Waals surface area contributed by atoms with Gasteiger partial charge >= 0.3 is 12.0 Å². The van der Waals surface area contributed by atoms with Crippen molar-refractivity contribution in [3.05, 3.63) is 70.3 Å². The molecule has 0 aromatic heterocycles. The van der Waals surface area contributed by atoms with Crippen molar-refractivity contribution in [3.63, 3.8) is 0 Å². The lowest BCUT2D eigenvalue weighted by Crippen LogP contribution is -2.46. The normalized spacial score (nSPS) is 19.9. The second-order valence-electron chi connectivity index (χ2n) is 8.14. The number of imide groups is 1. The molecule has 1 spiro atoms. The fourth-order valence-corrected chi connectivity index (χ4v) is 4.39. The minimum atomic E-state index is -1.14. The zero-order chi connectivity index (χ0) is 22.2. The van der Waals surface area contributed by atoms with E-state index < -0.39 is 36.6 Å². The Morgan fingerprint density at radius 2 is 1.90 bits per heavy atom. The maximum Gasteiger partial charge on any atom is 0.326 e. The summed E-state index contributed by atoms with van der Waals surface area (Å²) >= 11 is 0. The quantitative estimate of drug-likeness (QED) is 0.456. The van der Waals surface area contributed by atoms with E-state index in [1.54, 1.807) is 6.07 Å². The molecule has 0 bridgehead atoms. The van der Waals surface area contributed by atoms with Gasteiger partial charge in [0.05, 0.1) is 0 Å². The number of carbonyl (C=O) groups excluding carboxylic acids is 4. The molecule has 31 heavy (non-hydrogen) atoms. The molecular formula is C24H24N2O5. The maximum atomic E-state index is 13.2. The van der Waals surface area contributed by atoms with E-state index in [4.69, 9.17) is 4.74 Å². The van der Waals surface area contributed by atoms with Crippen LogP contribution in [-0.2, 0) is 26.3 Å². The summed E-state index contributed by atoms with van der Waals surface area (Å²) in [5.41, 5.74) is 2.86. The second kappa shape index (κ2) is 7.98. The average Bonchev–Trinajstić information content (AvgIpc) is 2.98. The number of amides is 3. The predicted octanol–water partition coefficient (Wildman–Crippen LogP) is 2.81. The van der Waals surface area contributed by atoms with Crippen molar-refractivity contribution >= 4 is 23.7 Å². The summed E-state index contributed by atoms with van der Waals surface area (Å²) in [6, 6.07) is 12.4. The number of carbonyl (C=O) groups is 4. The summed E-state index contributed by atoms with van der Waals surface area (Å²) in [5.74, 6) is -1.59. The van der Waals surface area contributed by atoms with E-state index in [1.165, 1.54) is 0 Å². The van der Waals surface area contributed by atoms with E-state index in [0.29, 0.717) is 12.0 Å². The van der Waals surface area contributed by atoms with Gasteiger partial charge in [-0.2, -0.15) is 0 Å². The highest BCUT2D eigenvalue weighted by atomic mass is 16.5. The highest BCUT2D eigenvalue weighted by molar-refractivity contribution is 6.09. The molecule has 0 radical (unpaired) electrons. The van der Waals surface area contributed by atoms with Crippen molar-refractivity contribution in [2.24, 2.45) is 0 Å². The van der Waals surface area contributed by atoms with Crippen molar-refractivity contribution in [1.29, 1.82) is 0 Å². The number of esters is 1. The molecule has 0 unspecified atom stereocenters. The molecule has 7 heteroatoms. The highest BCUT2D eigenvalue weighted by Gasteiger charge is 2.54. The summed E-state index contributed by atoms with van der Waals surface area (Å²) in [7, 11) is 0. The molecule has 1 saturated heterocycles. The summed E-state index contributed by atoms with van der Waals surface area (Å²) < 4.78 is 5.09. The third kappa shape index (κ3) is 3.71. The third-order valence-corrected chi connectivity index (χ3v) is 6.00. The van der Waals surface area contributed by atoms with E-state index in [-0.39, 0.29) is 5.78 Å². The number of urea groups is 1. The molecule has 2 aromatic rings. The van der Waals surface area contributed by atoms with Gasteiger partial charge in [-0.05, 0) is 55.9 Å². The Morgan fingerprint density at radius 3 is 2.71 bits per heavy atom. The Labute approximate surface area is 180 Å². The maximum absolute atomic E-state index is 13.2. The van der Waals surface area contributed by atoms with Crippen LogP contribution in [0.15, 0.2) is 42.5 Å². The van der Waals surface area contributed by atoms with Crippen LogP contribution in [-0.4, -0.2) is 41.7 Å². The number of nitrogens with zero attached hydrogens (tertiary/aromatic N) is 1. The van der Waals surface area contributed by atoms with Crippen LogP contribution in [0, 0.1) is 13.8 Å². The number of ether oxygens (including phenoxy) is 1. The van der Waals surface area contributed by atoms with E-state index in [9.17, 15) is 19.2 Å². The van der Waals surface area contributed by atoms with Crippen LogP contribution in [0.3, 0.4) is 0 Å². The first-order valence-electron chi connectivity index (χ1n) is 10.3. The standard InChI is InChI=1S/C24H24N2O5/c1-15-9-10-16(2)18(12-15)20(27)14-31-21(28)13-26-22(29)24(25-23(26)30)11-5-7-17-6-3-4-8-19(17)24/h3-4,6,8-10,12H,5,7,11,13-14H2,1-2H3,(H,25,30)/t24-/m1/s1. The topological polar surface area (TPSA) is 92.8 Å². The van der Waals surface area contributed by atoms with Crippen molar-refractivity contribution in [2.45, 2.75) is 38.6 Å². The van der Waals surface area contributed by atoms with Gasteiger partial charge in [-0.1, -0.05) is 42.0 Å². The molecule has 2 aliphatic rings. The Morgan fingerprint density at radius 1 is 1.13 bits per heavy atom. The SMILES string of the molecule is Cc1ccc(C)c(C(=O)COC(=O)CN2C(=O)N[C@@]3(CCCc4ccccc43)C2=O)c1.